The van der Waals surface area contributed by atoms with E-state index in [1.165, 1.54) is 13.4 Å². The number of anilines is 2. The van der Waals surface area contributed by atoms with Crippen LogP contribution < -0.4 is 11.5 Å². The van der Waals surface area contributed by atoms with Gasteiger partial charge in [-0.2, -0.15) is 0 Å². The maximum absolute atomic E-state index is 11.4. The summed E-state index contributed by atoms with van der Waals surface area (Å²) in [5.74, 6) is -0.150. The third-order valence-electron chi connectivity index (χ3n) is 2.03. The highest BCUT2D eigenvalue weighted by Crippen LogP contribution is 2.25. The number of ether oxygens (including phenoxy) is 1. The van der Waals surface area contributed by atoms with E-state index in [0.29, 0.717) is 11.0 Å². The van der Waals surface area contributed by atoms with Gasteiger partial charge in [0.1, 0.15) is 28.7 Å². The molecule has 0 fully saturated rings. The number of nitrogens with zero attached hydrogens (tertiary/aromatic N) is 2. The highest BCUT2D eigenvalue weighted by Gasteiger charge is 2.19. The van der Waals surface area contributed by atoms with E-state index in [1.54, 1.807) is 0 Å². The molecule has 0 saturated carbocycles. The summed E-state index contributed by atoms with van der Waals surface area (Å²) >= 11 is 0. The summed E-state index contributed by atoms with van der Waals surface area (Å²) in [7, 11) is 1.27. The first-order valence-corrected chi connectivity index (χ1v) is 4.11. The number of nitrogens with two attached hydrogens (primary N) is 2. The quantitative estimate of drug-likeness (QED) is 0.562. The molecule has 2 aromatic heterocycles. The average molecular weight is 207 g/mol. The van der Waals surface area contributed by atoms with Crippen LogP contribution in [0.2, 0.25) is 0 Å². The molecule has 15 heavy (non-hydrogen) atoms. The third kappa shape index (κ3) is 1.25. The minimum atomic E-state index is -0.558. The van der Waals surface area contributed by atoms with Gasteiger partial charge in [-0.1, -0.05) is 0 Å². The lowest BCUT2D eigenvalue weighted by molar-refractivity contribution is 0.0604. The van der Waals surface area contributed by atoms with E-state index in [4.69, 9.17) is 11.5 Å². The van der Waals surface area contributed by atoms with Gasteiger partial charge in [0, 0.05) is 0 Å². The van der Waals surface area contributed by atoms with Gasteiger partial charge in [0.2, 0.25) is 0 Å². The number of hydrogen-bond acceptors (Lipinski definition) is 6. The Morgan fingerprint density at radius 1 is 1.47 bits per heavy atom. The van der Waals surface area contributed by atoms with Crippen LogP contribution in [-0.4, -0.2) is 28.0 Å². The molecular weight excluding hydrogens is 198 g/mol. The van der Waals surface area contributed by atoms with Crippen LogP contribution in [-0.2, 0) is 4.74 Å². The molecule has 78 valence electrons. The maximum atomic E-state index is 11.4. The first-order chi connectivity index (χ1) is 7.15. The summed E-state index contributed by atoms with van der Waals surface area (Å²) < 4.78 is 4.58. The Morgan fingerprint density at radius 3 is 2.87 bits per heavy atom. The molecule has 7 nitrogen and oxygen atoms in total. The fourth-order valence-electron chi connectivity index (χ4n) is 1.35. The van der Waals surface area contributed by atoms with Crippen LogP contribution in [0.15, 0.2) is 6.33 Å². The number of esters is 1. The van der Waals surface area contributed by atoms with Gasteiger partial charge >= 0.3 is 5.97 Å². The van der Waals surface area contributed by atoms with Gasteiger partial charge in [-0.15, -0.1) is 0 Å². The van der Waals surface area contributed by atoms with Crippen molar-refractivity contribution in [2.24, 2.45) is 0 Å². The predicted molar refractivity (Wildman–Crippen MR) is 54.1 cm³/mol. The van der Waals surface area contributed by atoms with E-state index in [9.17, 15) is 4.79 Å². The monoisotopic (exact) mass is 207 g/mol. The van der Waals surface area contributed by atoms with Gasteiger partial charge < -0.3 is 21.2 Å². The van der Waals surface area contributed by atoms with Gasteiger partial charge in [-0.3, -0.25) is 0 Å². The second-order valence-electron chi connectivity index (χ2n) is 2.89. The Morgan fingerprint density at radius 2 is 2.20 bits per heavy atom. The Bertz CT molecular complexity index is 533. The minimum Gasteiger partial charge on any atom is -0.465 e. The zero-order valence-electron chi connectivity index (χ0n) is 7.94. The number of aromatic amines is 1. The highest BCUT2D eigenvalue weighted by molar-refractivity contribution is 6.09. The summed E-state index contributed by atoms with van der Waals surface area (Å²) in [5, 5.41) is 0. The first kappa shape index (κ1) is 9.25. The van der Waals surface area contributed by atoms with Crippen molar-refractivity contribution < 1.29 is 9.53 Å². The standard InChI is InChI=1S/C8H9N5O2/c1-15-8(14)3-4-5(13-6(3)9)7(10)12-2-11-4/h2,13H,9H2,1H3,(H2,10,11,12). The van der Waals surface area contributed by atoms with E-state index in [0.717, 1.165) is 0 Å². The van der Waals surface area contributed by atoms with Crippen molar-refractivity contribution >= 4 is 28.6 Å². The van der Waals surface area contributed by atoms with Crippen molar-refractivity contribution in [3.63, 3.8) is 0 Å². The Kier molecular flexibility index (Phi) is 1.93. The van der Waals surface area contributed by atoms with Crippen molar-refractivity contribution in [3.8, 4) is 0 Å². The lowest BCUT2D eigenvalue weighted by Gasteiger charge is -1.97. The predicted octanol–water partition coefficient (Wildman–Crippen LogP) is -0.0911. The van der Waals surface area contributed by atoms with Crippen molar-refractivity contribution in [2.45, 2.75) is 0 Å². The van der Waals surface area contributed by atoms with Crippen molar-refractivity contribution in [2.75, 3.05) is 18.6 Å². The second kappa shape index (κ2) is 3.12. The number of hydrogen-bond donors (Lipinski definition) is 3. The molecule has 5 N–H and O–H groups in total. The van der Waals surface area contributed by atoms with Crippen molar-refractivity contribution in [3.05, 3.63) is 11.9 Å². The van der Waals surface area contributed by atoms with Crippen LogP contribution in [0, 0.1) is 0 Å². The number of rotatable bonds is 1. The number of fused-ring (bicyclic) bond motifs is 1. The van der Waals surface area contributed by atoms with Crippen LogP contribution in [0.25, 0.3) is 11.0 Å². The number of nitrogen functional groups attached to an aromatic ring is 2. The molecule has 0 atom stereocenters. The summed E-state index contributed by atoms with van der Waals surface area (Å²) in [6, 6.07) is 0. The van der Waals surface area contributed by atoms with E-state index in [2.05, 4.69) is 19.7 Å². The molecule has 2 heterocycles. The number of methoxy groups -OCH3 is 1. The van der Waals surface area contributed by atoms with Gasteiger partial charge in [0.25, 0.3) is 0 Å². The summed E-state index contributed by atoms with van der Waals surface area (Å²) in [4.78, 5) is 21.8. The summed E-state index contributed by atoms with van der Waals surface area (Å²) in [6.07, 6.45) is 1.26. The average Bonchev–Trinajstić information content (AvgIpc) is 2.55. The molecular formula is C8H9N5O2. The molecule has 0 unspecified atom stereocenters. The molecule has 0 aliphatic carbocycles. The lowest BCUT2D eigenvalue weighted by atomic mass is 10.2. The zero-order chi connectivity index (χ0) is 11.0. The molecule has 0 aromatic carbocycles. The minimum absolute atomic E-state index is 0.170. The van der Waals surface area contributed by atoms with Crippen LogP contribution >= 0.6 is 0 Å². The molecule has 0 spiro atoms. The molecule has 7 heteroatoms. The van der Waals surface area contributed by atoms with Gasteiger partial charge in [-0.05, 0) is 0 Å². The largest absolute Gasteiger partial charge is 0.465 e. The number of carbonyl (C=O) groups is 1. The second-order valence-corrected chi connectivity index (χ2v) is 2.89. The summed E-state index contributed by atoms with van der Waals surface area (Å²) in [5.41, 5.74) is 12.2. The topological polar surface area (TPSA) is 120 Å². The van der Waals surface area contributed by atoms with E-state index in [1.807, 2.05) is 0 Å². The van der Waals surface area contributed by atoms with Crippen LogP contribution in [0.3, 0.4) is 0 Å². The number of H-pyrrole nitrogens is 1. The van der Waals surface area contributed by atoms with Gasteiger partial charge in [0.05, 0.1) is 7.11 Å². The number of nitrogens with one attached hydrogen (secondary N) is 1. The van der Waals surface area contributed by atoms with Crippen LogP contribution in [0.1, 0.15) is 10.4 Å². The maximum Gasteiger partial charge on any atom is 0.343 e. The Balaban J connectivity index is 2.79. The molecule has 0 bridgehead atoms. The number of aromatic nitrogens is 3. The van der Waals surface area contributed by atoms with Gasteiger partial charge in [-0.25, -0.2) is 14.8 Å². The SMILES string of the molecule is COC(=O)c1c(N)[nH]c2c(N)ncnc12. The molecule has 0 aliphatic rings. The zero-order valence-corrected chi connectivity index (χ0v) is 7.94. The normalized spacial score (nSPS) is 10.5. The fraction of sp³-hybridized carbons (Fsp3) is 0.125. The van der Waals surface area contributed by atoms with E-state index < -0.39 is 5.97 Å². The van der Waals surface area contributed by atoms with E-state index in [-0.39, 0.29) is 17.2 Å². The molecule has 0 aliphatic heterocycles. The third-order valence-corrected chi connectivity index (χ3v) is 2.03. The molecule has 0 amide bonds. The Labute approximate surface area is 84.4 Å². The molecule has 2 aromatic rings. The van der Waals surface area contributed by atoms with Gasteiger partial charge in [0.15, 0.2) is 5.82 Å². The number of carbonyl (C=O) groups excluding carboxylic acids is 1. The Hall–Kier alpha value is -2.31. The summed E-state index contributed by atoms with van der Waals surface area (Å²) in [6.45, 7) is 0. The van der Waals surface area contributed by atoms with Crippen LogP contribution in [0.5, 0.6) is 0 Å². The van der Waals surface area contributed by atoms with Crippen LogP contribution in [0.4, 0.5) is 11.6 Å². The van der Waals surface area contributed by atoms with Crippen molar-refractivity contribution in [1.82, 2.24) is 15.0 Å². The highest BCUT2D eigenvalue weighted by atomic mass is 16.5. The smallest absolute Gasteiger partial charge is 0.343 e. The van der Waals surface area contributed by atoms with E-state index >= 15 is 0 Å². The molecule has 0 saturated heterocycles. The fourth-order valence-corrected chi connectivity index (χ4v) is 1.35. The van der Waals surface area contributed by atoms with Crippen molar-refractivity contribution in [1.29, 1.82) is 0 Å². The first-order valence-electron chi connectivity index (χ1n) is 4.11. The lowest BCUT2D eigenvalue weighted by Crippen LogP contribution is -2.04. The molecule has 2 rings (SSSR count). The molecule has 0 radical (unpaired) electrons.